The quantitative estimate of drug-likeness (QED) is 0.832. The van der Waals surface area contributed by atoms with E-state index in [1.54, 1.807) is 16.5 Å². The molecule has 0 spiro atoms. The average molecular weight is 314 g/mol. The Morgan fingerprint density at radius 1 is 1.33 bits per heavy atom. The van der Waals surface area contributed by atoms with Crippen LogP contribution in [0.1, 0.15) is 17.4 Å². The molecular weight excluding hydrogens is 292 g/mol. The van der Waals surface area contributed by atoms with E-state index in [0.717, 1.165) is 13.1 Å². The highest BCUT2D eigenvalue weighted by Gasteiger charge is 2.29. The van der Waals surface area contributed by atoms with Crippen LogP contribution in [0.5, 0.6) is 0 Å². The molecule has 8 heteroatoms. The fourth-order valence-corrected chi connectivity index (χ4v) is 3.40. The lowest BCUT2D eigenvalue weighted by Crippen LogP contribution is -2.53. The van der Waals surface area contributed by atoms with Gasteiger partial charge in [0.25, 0.3) is 5.91 Å². The zero-order valence-corrected chi connectivity index (χ0v) is 13.6. The molecule has 7 nitrogen and oxygen atoms in total. The Kier molecular flexibility index (Phi) is 4.40. The maximum Gasteiger partial charge on any atom is 0.270 e. The zero-order valence-electron chi connectivity index (χ0n) is 12.8. The van der Waals surface area contributed by atoms with E-state index < -0.39 is 10.0 Å². The third-order valence-corrected chi connectivity index (χ3v) is 5.25. The van der Waals surface area contributed by atoms with E-state index in [2.05, 4.69) is 9.62 Å². The highest BCUT2D eigenvalue weighted by atomic mass is 32.2. The standard InChI is InChI=1S/C13H22N4O3S/c1-10-8-15(3)5-6-17(10)13(18)12-7-11(9-16(12)4)21(19,20)14-2/h7,9-10,14H,5-6,8H2,1-4H3/t10-/m0/s1. The minimum Gasteiger partial charge on any atom is -0.345 e. The van der Waals surface area contributed by atoms with E-state index in [9.17, 15) is 13.2 Å². The molecule has 118 valence electrons. The van der Waals surface area contributed by atoms with Crippen LogP contribution >= 0.6 is 0 Å². The molecule has 1 aromatic rings. The van der Waals surface area contributed by atoms with Crippen LogP contribution < -0.4 is 4.72 Å². The Hall–Kier alpha value is -1.38. The topological polar surface area (TPSA) is 74.7 Å². The summed E-state index contributed by atoms with van der Waals surface area (Å²) in [7, 11) is 1.53. The number of aromatic nitrogens is 1. The second-order valence-electron chi connectivity index (χ2n) is 5.49. The number of hydrogen-bond donors (Lipinski definition) is 1. The number of carbonyl (C=O) groups is 1. The van der Waals surface area contributed by atoms with Gasteiger partial charge in [-0.1, -0.05) is 0 Å². The molecule has 1 aliphatic heterocycles. The fraction of sp³-hybridized carbons (Fsp3) is 0.615. The first-order chi connectivity index (χ1) is 9.76. The number of sulfonamides is 1. The number of nitrogens with zero attached hydrogens (tertiary/aromatic N) is 3. The molecule has 0 aromatic carbocycles. The van der Waals surface area contributed by atoms with Crippen LogP contribution in [-0.2, 0) is 17.1 Å². The second-order valence-corrected chi connectivity index (χ2v) is 7.38. The van der Waals surface area contributed by atoms with Crippen LogP contribution in [0.3, 0.4) is 0 Å². The van der Waals surface area contributed by atoms with Gasteiger partial charge < -0.3 is 14.4 Å². The average Bonchev–Trinajstić information content (AvgIpc) is 2.81. The van der Waals surface area contributed by atoms with Gasteiger partial charge in [0, 0.05) is 38.9 Å². The normalized spacial score (nSPS) is 20.8. The van der Waals surface area contributed by atoms with Crippen molar-refractivity contribution in [1.29, 1.82) is 0 Å². The SMILES string of the molecule is CNS(=O)(=O)c1cc(C(=O)N2CCN(C)C[C@@H]2C)n(C)c1. The first kappa shape index (κ1) is 16.0. The number of carbonyl (C=O) groups excluding carboxylic acids is 1. The monoisotopic (exact) mass is 314 g/mol. The maximum atomic E-state index is 12.6. The van der Waals surface area contributed by atoms with Crippen LogP contribution in [0.15, 0.2) is 17.2 Å². The highest BCUT2D eigenvalue weighted by Crippen LogP contribution is 2.17. The number of piperazine rings is 1. The molecular formula is C13H22N4O3S. The van der Waals surface area contributed by atoms with Crippen LogP contribution in [0.2, 0.25) is 0 Å². The second kappa shape index (κ2) is 5.78. The summed E-state index contributed by atoms with van der Waals surface area (Å²) in [6.45, 7) is 4.29. The van der Waals surface area contributed by atoms with Crippen LogP contribution in [-0.4, -0.2) is 68.5 Å². The Morgan fingerprint density at radius 2 is 2.00 bits per heavy atom. The summed E-state index contributed by atoms with van der Waals surface area (Å²) in [6.07, 6.45) is 1.46. The van der Waals surface area contributed by atoms with Gasteiger partial charge in [0.1, 0.15) is 10.6 Å². The van der Waals surface area contributed by atoms with Crippen molar-refractivity contribution in [3.63, 3.8) is 0 Å². The first-order valence-electron chi connectivity index (χ1n) is 6.85. The van der Waals surface area contributed by atoms with E-state index in [1.165, 1.54) is 19.3 Å². The van der Waals surface area contributed by atoms with Gasteiger partial charge in [0.15, 0.2) is 0 Å². The summed E-state index contributed by atoms with van der Waals surface area (Å²) in [5.74, 6) is -0.129. The van der Waals surface area contributed by atoms with Crippen molar-refractivity contribution < 1.29 is 13.2 Å². The number of hydrogen-bond acceptors (Lipinski definition) is 4. The van der Waals surface area contributed by atoms with E-state index in [0.29, 0.717) is 12.2 Å². The zero-order chi connectivity index (χ0) is 15.8. The number of likely N-dealkylation sites (N-methyl/N-ethyl adjacent to an activating group) is 1. The molecule has 0 radical (unpaired) electrons. The van der Waals surface area contributed by atoms with Crippen molar-refractivity contribution in [1.82, 2.24) is 19.1 Å². The highest BCUT2D eigenvalue weighted by molar-refractivity contribution is 7.89. The molecule has 0 saturated carbocycles. The van der Waals surface area contributed by atoms with Crippen molar-refractivity contribution in [2.45, 2.75) is 17.9 Å². The van der Waals surface area contributed by atoms with Crippen molar-refractivity contribution in [3.8, 4) is 0 Å². The lowest BCUT2D eigenvalue weighted by molar-refractivity contribution is 0.0524. The van der Waals surface area contributed by atoms with E-state index in [-0.39, 0.29) is 16.8 Å². The molecule has 1 aliphatic rings. The van der Waals surface area contributed by atoms with Gasteiger partial charge in [-0.3, -0.25) is 4.79 Å². The number of aryl methyl sites for hydroxylation is 1. The fourth-order valence-electron chi connectivity index (χ4n) is 2.60. The van der Waals surface area contributed by atoms with Crippen molar-refractivity contribution >= 4 is 15.9 Å². The summed E-state index contributed by atoms with van der Waals surface area (Å²) >= 11 is 0. The Morgan fingerprint density at radius 3 is 2.57 bits per heavy atom. The molecule has 1 saturated heterocycles. The van der Waals surface area contributed by atoms with Gasteiger partial charge in [-0.05, 0) is 27.1 Å². The molecule has 0 unspecified atom stereocenters. The van der Waals surface area contributed by atoms with Crippen LogP contribution in [0, 0.1) is 0 Å². The van der Waals surface area contributed by atoms with Crippen molar-refractivity contribution in [2.75, 3.05) is 33.7 Å². The van der Waals surface area contributed by atoms with Gasteiger partial charge in [-0.2, -0.15) is 0 Å². The summed E-state index contributed by atoms with van der Waals surface area (Å²) in [5.41, 5.74) is 0.389. The van der Waals surface area contributed by atoms with Gasteiger partial charge in [-0.15, -0.1) is 0 Å². The summed E-state index contributed by atoms with van der Waals surface area (Å²) in [5, 5.41) is 0. The van der Waals surface area contributed by atoms with Crippen molar-refractivity contribution in [2.24, 2.45) is 7.05 Å². The molecule has 1 atom stereocenters. The Labute approximate surface area is 125 Å². The number of rotatable bonds is 3. The largest absolute Gasteiger partial charge is 0.345 e. The predicted molar refractivity (Wildman–Crippen MR) is 79.7 cm³/mol. The molecule has 1 aromatic heterocycles. The smallest absolute Gasteiger partial charge is 0.270 e. The molecule has 0 aliphatic carbocycles. The van der Waals surface area contributed by atoms with E-state index in [4.69, 9.17) is 0 Å². The molecule has 1 amide bonds. The third kappa shape index (κ3) is 3.12. The molecule has 1 fully saturated rings. The van der Waals surface area contributed by atoms with Crippen LogP contribution in [0.25, 0.3) is 0 Å². The molecule has 2 heterocycles. The minimum absolute atomic E-state index is 0.107. The summed E-state index contributed by atoms with van der Waals surface area (Å²) in [6, 6.07) is 1.54. The lowest BCUT2D eigenvalue weighted by atomic mass is 10.2. The Bertz CT molecular complexity index is 638. The third-order valence-electron chi connectivity index (χ3n) is 3.87. The number of nitrogens with one attached hydrogen (secondary N) is 1. The molecule has 1 N–H and O–H groups in total. The molecule has 21 heavy (non-hydrogen) atoms. The summed E-state index contributed by atoms with van der Waals surface area (Å²) < 4.78 is 27.5. The van der Waals surface area contributed by atoms with Gasteiger partial charge >= 0.3 is 0 Å². The van der Waals surface area contributed by atoms with Gasteiger partial charge in [0.05, 0.1) is 0 Å². The number of amides is 1. The Balaban J connectivity index is 2.28. The van der Waals surface area contributed by atoms with Crippen LogP contribution in [0.4, 0.5) is 0 Å². The van der Waals surface area contributed by atoms with Gasteiger partial charge in [-0.25, -0.2) is 13.1 Å². The van der Waals surface area contributed by atoms with E-state index in [1.807, 2.05) is 14.0 Å². The lowest BCUT2D eigenvalue weighted by Gasteiger charge is -2.38. The minimum atomic E-state index is -3.54. The predicted octanol–water partition coefficient (Wildman–Crippen LogP) is -0.291. The van der Waals surface area contributed by atoms with Crippen molar-refractivity contribution in [3.05, 3.63) is 18.0 Å². The molecule has 2 rings (SSSR count). The van der Waals surface area contributed by atoms with Gasteiger partial charge in [0.2, 0.25) is 10.0 Å². The first-order valence-corrected chi connectivity index (χ1v) is 8.34. The summed E-state index contributed by atoms with van der Waals surface area (Å²) in [4.78, 5) is 16.7. The maximum absolute atomic E-state index is 12.6. The van der Waals surface area contributed by atoms with E-state index >= 15 is 0 Å². The molecule has 0 bridgehead atoms.